The number of aliphatic imine (C=N–C) groups is 1. The Kier molecular flexibility index (Phi) is 3.33. The molecular weight excluding hydrogens is 126 g/mol. The molecule has 0 aromatic carbocycles. The topological polar surface area (TPSA) is 29.4 Å². The van der Waals surface area contributed by atoms with E-state index in [-0.39, 0.29) is 5.78 Å². The van der Waals surface area contributed by atoms with Crippen molar-refractivity contribution in [3.05, 3.63) is 24.4 Å². The molecular formula is C8H11NO. The number of carbonyl (C=O) groups excluding carboxylic acids is 1. The molecule has 0 heterocycles. The first-order valence-corrected chi connectivity index (χ1v) is 2.93. The molecule has 0 saturated heterocycles. The molecule has 2 nitrogen and oxygen atoms in total. The first-order valence-electron chi connectivity index (χ1n) is 2.93. The van der Waals surface area contributed by atoms with E-state index in [2.05, 4.69) is 18.2 Å². The molecule has 0 aromatic rings. The van der Waals surface area contributed by atoms with Gasteiger partial charge in [-0.15, -0.1) is 0 Å². The number of nitrogens with zero attached hydrogens (tertiary/aromatic N) is 1. The highest BCUT2D eigenvalue weighted by atomic mass is 16.1. The molecule has 0 bridgehead atoms. The molecule has 0 saturated carbocycles. The van der Waals surface area contributed by atoms with E-state index in [0.717, 1.165) is 0 Å². The van der Waals surface area contributed by atoms with Gasteiger partial charge in [0.15, 0.2) is 5.78 Å². The van der Waals surface area contributed by atoms with Crippen molar-refractivity contribution in [1.82, 2.24) is 0 Å². The van der Waals surface area contributed by atoms with Crippen LogP contribution < -0.4 is 0 Å². The third kappa shape index (κ3) is 3.78. The quantitative estimate of drug-likeness (QED) is 0.430. The van der Waals surface area contributed by atoms with Crippen LogP contribution >= 0.6 is 0 Å². The van der Waals surface area contributed by atoms with Crippen LogP contribution in [0.3, 0.4) is 0 Å². The summed E-state index contributed by atoms with van der Waals surface area (Å²) in [7, 11) is 0. The van der Waals surface area contributed by atoms with Crippen LogP contribution in [0.1, 0.15) is 13.8 Å². The number of rotatable bonds is 3. The Hall–Kier alpha value is -1.18. The van der Waals surface area contributed by atoms with E-state index in [0.29, 0.717) is 11.3 Å². The number of Topliss-reactive ketones (excluding diaryl/α,β-unsaturated/α-hetero) is 1. The predicted molar refractivity (Wildman–Crippen MR) is 43.1 cm³/mol. The van der Waals surface area contributed by atoms with Gasteiger partial charge in [-0.1, -0.05) is 13.2 Å². The highest BCUT2D eigenvalue weighted by molar-refractivity contribution is 6.11. The van der Waals surface area contributed by atoms with E-state index in [1.165, 1.54) is 13.1 Å². The Bertz CT molecular complexity index is 201. The predicted octanol–water partition coefficient (Wildman–Crippen LogP) is 1.74. The summed E-state index contributed by atoms with van der Waals surface area (Å²) in [5, 5.41) is 0. The maximum atomic E-state index is 10.5. The lowest BCUT2D eigenvalue weighted by molar-refractivity contribution is -0.113. The zero-order chi connectivity index (χ0) is 8.15. The second kappa shape index (κ2) is 3.77. The Morgan fingerprint density at radius 1 is 1.40 bits per heavy atom. The lowest BCUT2D eigenvalue weighted by Gasteiger charge is -1.89. The average molecular weight is 137 g/mol. The van der Waals surface area contributed by atoms with Crippen molar-refractivity contribution in [2.24, 2.45) is 4.99 Å². The SMILES string of the molecule is C=C(C)N=CC(=C)C(C)=O. The number of hydrogen-bond donors (Lipinski definition) is 0. The molecule has 0 amide bonds. The van der Waals surface area contributed by atoms with E-state index < -0.39 is 0 Å². The maximum absolute atomic E-state index is 10.5. The van der Waals surface area contributed by atoms with Crippen LogP contribution in [0.4, 0.5) is 0 Å². The van der Waals surface area contributed by atoms with Crippen LogP contribution in [0.2, 0.25) is 0 Å². The Labute approximate surface area is 61.0 Å². The lowest BCUT2D eigenvalue weighted by Crippen LogP contribution is -1.94. The first-order chi connectivity index (χ1) is 4.54. The molecule has 0 aromatic heterocycles. The van der Waals surface area contributed by atoms with E-state index in [4.69, 9.17) is 0 Å². The monoisotopic (exact) mass is 137 g/mol. The van der Waals surface area contributed by atoms with Crippen molar-refractivity contribution < 1.29 is 4.79 Å². The van der Waals surface area contributed by atoms with Crippen molar-refractivity contribution in [1.29, 1.82) is 0 Å². The summed E-state index contributed by atoms with van der Waals surface area (Å²) in [6, 6.07) is 0. The Balaban J connectivity index is 4.03. The zero-order valence-corrected chi connectivity index (χ0v) is 6.35. The van der Waals surface area contributed by atoms with Gasteiger partial charge >= 0.3 is 0 Å². The molecule has 2 heteroatoms. The summed E-state index contributed by atoms with van der Waals surface area (Å²) in [6.07, 6.45) is 1.42. The minimum absolute atomic E-state index is 0.0648. The highest BCUT2D eigenvalue weighted by Crippen LogP contribution is 1.91. The zero-order valence-electron chi connectivity index (χ0n) is 6.35. The molecule has 0 spiro atoms. The Morgan fingerprint density at radius 2 is 1.90 bits per heavy atom. The summed E-state index contributed by atoms with van der Waals surface area (Å²) in [6.45, 7) is 10.2. The second-order valence-electron chi connectivity index (χ2n) is 2.07. The third-order valence-electron chi connectivity index (χ3n) is 0.893. The van der Waals surface area contributed by atoms with E-state index in [1.807, 2.05) is 0 Å². The van der Waals surface area contributed by atoms with Crippen molar-refractivity contribution in [2.75, 3.05) is 0 Å². The van der Waals surface area contributed by atoms with Crippen LogP contribution in [-0.4, -0.2) is 12.0 Å². The average Bonchev–Trinajstić information content (AvgIpc) is 1.82. The van der Waals surface area contributed by atoms with Gasteiger partial charge < -0.3 is 0 Å². The van der Waals surface area contributed by atoms with Gasteiger partial charge in [-0.25, -0.2) is 0 Å². The minimum atomic E-state index is -0.0648. The molecule has 0 N–H and O–H groups in total. The van der Waals surface area contributed by atoms with E-state index in [1.54, 1.807) is 6.92 Å². The van der Waals surface area contributed by atoms with Gasteiger partial charge in [0.25, 0.3) is 0 Å². The van der Waals surface area contributed by atoms with Crippen LogP contribution in [0.25, 0.3) is 0 Å². The van der Waals surface area contributed by atoms with Crippen molar-refractivity contribution in [2.45, 2.75) is 13.8 Å². The smallest absolute Gasteiger partial charge is 0.160 e. The molecule has 0 aliphatic heterocycles. The molecule has 0 radical (unpaired) electrons. The highest BCUT2D eigenvalue weighted by Gasteiger charge is 1.93. The summed E-state index contributed by atoms with van der Waals surface area (Å²) < 4.78 is 0. The van der Waals surface area contributed by atoms with Crippen LogP contribution in [0.15, 0.2) is 29.4 Å². The Morgan fingerprint density at radius 3 is 2.20 bits per heavy atom. The lowest BCUT2D eigenvalue weighted by atomic mass is 10.2. The molecule has 0 fully saturated rings. The van der Waals surface area contributed by atoms with Gasteiger partial charge in [-0.3, -0.25) is 9.79 Å². The molecule has 0 rings (SSSR count). The summed E-state index contributed by atoms with van der Waals surface area (Å²) in [4.78, 5) is 14.3. The number of ketones is 1. The maximum Gasteiger partial charge on any atom is 0.160 e. The van der Waals surface area contributed by atoms with Gasteiger partial charge in [0.2, 0.25) is 0 Å². The fraction of sp³-hybridized carbons (Fsp3) is 0.250. The standard InChI is InChI=1S/C8H11NO/c1-6(2)9-5-7(3)8(4)10/h5H,1,3H2,2,4H3. The van der Waals surface area contributed by atoms with Crippen molar-refractivity contribution in [3.63, 3.8) is 0 Å². The molecule has 0 atom stereocenters. The van der Waals surface area contributed by atoms with Gasteiger partial charge in [-0.2, -0.15) is 0 Å². The molecule has 0 aliphatic rings. The fourth-order valence-electron chi connectivity index (χ4n) is 0.279. The molecule has 10 heavy (non-hydrogen) atoms. The minimum Gasteiger partial charge on any atom is -0.294 e. The summed E-state index contributed by atoms with van der Waals surface area (Å²) in [5.74, 6) is -0.0648. The number of allylic oxidation sites excluding steroid dienone is 2. The van der Waals surface area contributed by atoms with Gasteiger partial charge in [0, 0.05) is 17.5 Å². The first kappa shape index (κ1) is 8.82. The van der Waals surface area contributed by atoms with Crippen LogP contribution in [-0.2, 0) is 4.79 Å². The number of carbonyl (C=O) groups is 1. The van der Waals surface area contributed by atoms with E-state index in [9.17, 15) is 4.79 Å². The van der Waals surface area contributed by atoms with Crippen LogP contribution in [0, 0.1) is 0 Å². The normalized spacial score (nSPS) is 9.80. The van der Waals surface area contributed by atoms with Gasteiger partial charge in [-0.05, 0) is 13.8 Å². The molecule has 54 valence electrons. The van der Waals surface area contributed by atoms with E-state index >= 15 is 0 Å². The number of hydrogen-bond acceptors (Lipinski definition) is 2. The van der Waals surface area contributed by atoms with Gasteiger partial charge in [0.05, 0.1) is 0 Å². The largest absolute Gasteiger partial charge is 0.294 e. The fourth-order valence-corrected chi connectivity index (χ4v) is 0.279. The van der Waals surface area contributed by atoms with Gasteiger partial charge in [0.1, 0.15) is 0 Å². The summed E-state index contributed by atoms with van der Waals surface area (Å²) in [5.41, 5.74) is 1.07. The second-order valence-corrected chi connectivity index (χ2v) is 2.07. The van der Waals surface area contributed by atoms with Crippen molar-refractivity contribution >= 4 is 12.0 Å². The van der Waals surface area contributed by atoms with Crippen LogP contribution in [0.5, 0.6) is 0 Å². The third-order valence-corrected chi connectivity index (χ3v) is 0.893. The summed E-state index contributed by atoms with van der Waals surface area (Å²) >= 11 is 0. The van der Waals surface area contributed by atoms with Crippen molar-refractivity contribution in [3.8, 4) is 0 Å². The molecule has 0 unspecified atom stereocenters. The molecule has 0 aliphatic carbocycles.